The number of aromatic amines is 1. The van der Waals surface area contributed by atoms with Gasteiger partial charge in [0.2, 0.25) is 0 Å². The third kappa shape index (κ3) is 2.77. The molecule has 2 heterocycles. The van der Waals surface area contributed by atoms with Gasteiger partial charge in [0.05, 0.1) is 12.8 Å². The van der Waals surface area contributed by atoms with Crippen molar-refractivity contribution in [3.8, 4) is 0 Å². The molecule has 1 aliphatic rings. The Morgan fingerprint density at radius 2 is 2.09 bits per heavy atom. The lowest BCUT2D eigenvalue weighted by molar-refractivity contribution is 0.0948. The number of aryl methyl sites for hydroxylation is 2. The average Bonchev–Trinajstić information content (AvgIpc) is 3.14. The zero-order chi connectivity index (χ0) is 15.6. The molecule has 2 aromatic heterocycles. The van der Waals surface area contributed by atoms with Gasteiger partial charge < -0.3 is 14.7 Å². The highest BCUT2D eigenvalue weighted by Gasteiger charge is 2.16. The van der Waals surface area contributed by atoms with Crippen LogP contribution in [0.15, 0.2) is 41.0 Å². The second kappa shape index (κ2) is 5.95. The molecule has 1 aliphatic carbocycles. The number of amides is 1. The summed E-state index contributed by atoms with van der Waals surface area (Å²) in [5.74, 6) is 0.696. The molecule has 4 nitrogen and oxygen atoms in total. The Hall–Kier alpha value is -2.49. The second-order valence-electron chi connectivity index (χ2n) is 6.17. The fourth-order valence-electron chi connectivity index (χ4n) is 3.41. The maximum atomic E-state index is 12.4. The molecule has 118 valence electrons. The predicted octanol–water partition coefficient (Wildman–Crippen LogP) is 3.96. The first-order chi connectivity index (χ1) is 11.3. The van der Waals surface area contributed by atoms with E-state index in [-0.39, 0.29) is 5.91 Å². The van der Waals surface area contributed by atoms with Gasteiger partial charge in [0, 0.05) is 22.2 Å². The van der Waals surface area contributed by atoms with E-state index >= 15 is 0 Å². The van der Waals surface area contributed by atoms with Gasteiger partial charge in [-0.15, -0.1) is 0 Å². The van der Waals surface area contributed by atoms with Crippen molar-refractivity contribution in [2.75, 3.05) is 0 Å². The Kier molecular flexibility index (Phi) is 3.66. The fraction of sp³-hybridized carbons (Fsp3) is 0.316. The SMILES string of the molecule is O=C(NCc1ccco1)c1ccc2[nH]c3c(c2c1)CCCCC3. The number of aromatic nitrogens is 1. The lowest BCUT2D eigenvalue weighted by Gasteiger charge is -2.04. The first kappa shape index (κ1) is 14.1. The summed E-state index contributed by atoms with van der Waals surface area (Å²) in [6, 6.07) is 9.60. The highest BCUT2D eigenvalue weighted by Crippen LogP contribution is 2.29. The van der Waals surface area contributed by atoms with E-state index in [1.165, 1.54) is 35.9 Å². The minimum absolute atomic E-state index is 0.0631. The molecule has 0 saturated carbocycles. The Morgan fingerprint density at radius 1 is 1.17 bits per heavy atom. The lowest BCUT2D eigenvalue weighted by atomic mass is 10.0. The van der Waals surface area contributed by atoms with E-state index in [0.717, 1.165) is 24.1 Å². The van der Waals surface area contributed by atoms with E-state index in [9.17, 15) is 4.79 Å². The lowest BCUT2D eigenvalue weighted by Crippen LogP contribution is -2.22. The zero-order valence-electron chi connectivity index (χ0n) is 13.0. The van der Waals surface area contributed by atoms with Crippen molar-refractivity contribution >= 4 is 16.8 Å². The summed E-state index contributed by atoms with van der Waals surface area (Å²) in [6.45, 7) is 0.412. The number of benzene rings is 1. The minimum Gasteiger partial charge on any atom is -0.467 e. The highest BCUT2D eigenvalue weighted by atomic mass is 16.3. The van der Waals surface area contributed by atoms with Crippen molar-refractivity contribution in [2.24, 2.45) is 0 Å². The molecule has 1 amide bonds. The molecule has 0 radical (unpaired) electrons. The van der Waals surface area contributed by atoms with E-state index in [4.69, 9.17) is 4.42 Å². The molecule has 4 heteroatoms. The summed E-state index contributed by atoms with van der Waals surface area (Å²) in [6.07, 6.45) is 7.60. The van der Waals surface area contributed by atoms with Crippen molar-refractivity contribution in [1.29, 1.82) is 0 Å². The van der Waals surface area contributed by atoms with E-state index in [1.807, 2.05) is 30.3 Å². The molecule has 0 spiro atoms. The maximum absolute atomic E-state index is 12.4. The third-order valence-electron chi connectivity index (χ3n) is 4.61. The number of fused-ring (bicyclic) bond motifs is 3. The van der Waals surface area contributed by atoms with E-state index in [2.05, 4.69) is 10.3 Å². The van der Waals surface area contributed by atoms with Crippen LogP contribution in [0, 0.1) is 0 Å². The Bertz CT molecular complexity index is 831. The van der Waals surface area contributed by atoms with Gasteiger partial charge in [-0.2, -0.15) is 0 Å². The summed E-state index contributed by atoms with van der Waals surface area (Å²) in [5, 5.41) is 4.11. The largest absolute Gasteiger partial charge is 0.467 e. The van der Waals surface area contributed by atoms with Crippen molar-refractivity contribution < 1.29 is 9.21 Å². The molecule has 0 bridgehead atoms. The molecule has 2 N–H and O–H groups in total. The molecular formula is C19H20N2O2. The summed E-state index contributed by atoms with van der Waals surface area (Å²) in [5.41, 5.74) is 4.60. The van der Waals surface area contributed by atoms with E-state index in [1.54, 1.807) is 6.26 Å². The Morgan fingerprint density at radius 3 is 2.96 bits per heavy atom. The quantitative estimate of drug-likeness (QED) is 0.720. The maximum Gasteiger partial charge on any atom is 0.251 e. The number of carbonyl (C=O) groups is 1. The third-order valence-corrected chi connectivity index (χ3v) is 4.61. The van der Waals surface area contributed by atoms with E-state index in [0.29, 0.717) is 12.1 Å². The van der Waals surface area contributed by atoms with Crippen LogP contribution in [0.4, 0.5) is 0 Å². The van der Waals surface area contributed by atoms with Crippen molar-refractivity contribution in [2.45, 2.75) is 38.6 Å². The zero-order valence-corrected chi connectivity index (χ0v) is 13.0. The molecule has 0 unspecified atom stereocenters. The Labute approximate surface area is 134 Å². The Balaban J connectivity index is 1.60. The number of hydrogen-bond donors (Lipinski definition) is 2. The number of rotatable bonds is 3. The van der Waals surface area contributed by atoms with Crippen LogP contribution >= 0.6 is 0 Å². The summed E-state index contributed by atoms with van der Waals surface area (Å²) in [4.78, 5) is 15.9. The molecule has 4 rings (SSSR count). The number of furan rings is 1. The molecule has 0 aliphatic heterocycles. The van der Waals surface area contributed by atoms with Crippen molar-refractivity contribution in [3.63, 3.8) is 0 Å². The van der Waals surface area contributed by atoms with Crippen LogP contribution in [-0.2, 0) is 19.4 Å². The fourth-order valence-corrected chi connectivity index (χ4v) is 3.41. The molecule has 0 atom stereocenters. The van der Waals surface area contributed by atoms with Crippen LogP contribution in [0.25, 0.3) is 10.9 Å². The highest BCUT2D eigenvalue weighted by molar-refractivity contribution is 5.99. The van der Waals surface area contributed by atoms with Gasteiger partial charge in [-0.05, 0) is 61.6 Å². The monoisotopic (exact) mass is 308 g/mol. The van der Waals surface area contributed by atoms with Gasteiger partial charge in [0.15, 0.2) is 0 Å². The molecule has 0 saturated heterocycles. The van der Waals surface area contributed by atoms with Crippen molar-refractivity contribution in [3.05, 3.63) is 59.2 Å². The van der Waals surface area contributed by atoms with Crippen LogP contribution in [-0.4, -0.2) is 10.9 Å². The van der Waals surface area contributed by atoms with Gasteiger partial charge in [-0.25, -0.2) is 0 Å². The summed E-state index contributed by atoms with van der Waals surface area (Å²) in [7, 11) is 0. The molecular weight excluding hydrogens is 288 g/mol. The molecule has 1 aromatic carbocycles. The van der Waals surface area contributed by atoms with Gasteiger partial charge in [-0.1, -0.05) is 6.42 Å². The summed E-state index contributed by atoms with van der Waals surface area (Å²) < 4.78 is 5.25. The summed E-state index contributed by atoms with van der Waals surface area (Å²) >= 11 is 0. The number of hydrogen-bond acceptors (Lipinski definition) is 2. The van der Waals surface area contributed by atoms with Crippen LogP contribution in [0.2, 0.25) is 0 Å². The van der Waals surface area contributed by atoms with E-state index < -0.39 is 0 Å². The first-order valence-electron chi connectivity index (χ1n) is 8.25. The molecule has 3 aromatic rings. The van der Waals surface area contributed by atoms with Crippen LogP contribution in [0.5, 0.6) is 0 Å². The van der Waals surface area contributed by atoms with Crippen LogP contribution in [0.3, 0.4) is 0 Å². The average molecular weight is 308 g/mol. The topological polar surface area (TPSA) is 58.0 Å². The van der Waals surface area contributed by atoms with Gasteiger partial charge in [-0.3, -0.25) is 4.79 Å². The number of H-pyrrole nitrogens is 1. The van der Waals surface area contributed by atoms with Gasteiger partial charge in [0.25, 0.3) is 5.91 Å². The first-order valence-corrected chi connectivity index (χ1v) is 8.25. The smallest absolute Gasteiger partial charge is 0.251 e. The standard InChI is InChI=1S/C19H20N2O2/c22-19(20-12-14-5-4-10-23-14)13-8-9-18-16(11-13)15-6-2-1-3-7-17(15)21-18/h4-5,8-11,21H,1-3,6-7,12H2,(H,20,22). The van der Waals surface area contributed by atoms with Gasteiger partial charge >= 0.3 is 0 Å². The predicted molar refractivity (Wildman–Crippen MR) is 89.4 cm³/mol. The van der Waals surface area contributed by atoms with Gasteiger partial charge in [0.1, 0.15) is 5.76 Å². The second-order valence-corrected chi connectivity index (χ2v) is 6.17. The normalized spacial score (nSPS) is 14.4. The minimum atomic E-state index is -0.0631. The van der Waals surface area contributed by atoms with Crippen LogP contribution in [0.1, 0.15) is 46.6 Å². The van der Waals surface area contributed by atoms with Crippen LogP contribution < -0.4 is 5.32 Å². The molecule has 23 heavy (non-hydrogen) atoms. The number of nitrogens with one attached hydrogen (secondary N) is 2. The number of carbonyl (C=O) groups excluding carboxylic acids is 1. The van der Waals surface area contributed by atoms with Crippen molar-refractivity contribution in [1.82, 2.24) is 10.3 Å². The molecule has 0 fully saturated rings.